The van der Waals surface area contributed by atoms with Crippen LogP contribution in [0.15, 0.2) is 42.5 Å². The van der Waals surface area contributed by atoms with Gasteiger partial charge in [-0.15, -0.1) is 0 Å². The van der Waals surface area contributed by atoms with Crippen molar-refractivity contribution in [2.75, 3.05) is 13.7 Å². The molecule has 0 aliphatic rings. The normalized spacial score (nSPS) is 11.6. The molecule has 0 aliphatic carbocycles. The van der Waals surface area contributed by atoms with E-state index in [0.29, 0.717) is 6.42 Å². The van der Waals surface area contributed by atoms with Gasteiger partial charge in [0.25, 0.3) is 5.91 Å². The summed E-state index contributed by atoms with van der Waals surface area (Å²) in [5.41, 5.74) is 1.78. The van der Waals surface area contributed by atoms with Gasteiger partial charge in [0.15, 0.2) is 6.61 Å². The van der Waals surface area contributed by atoms with Crippen LogP contribution in [-0.2, 0) is 16.1 Å². The standard InChI is InChI=1S/C24H31N3O6/c1-6-20(24(29)25-16(2)3)26(14-18-9-7-17(4)8-10-18)23(28)15-33-19-11-12-21(27(30)31)22(13-19)32-5/h7-13,16,20H,6,14-15H2,1-5H3,(H,25,29). The number of aryl methyl sites for hydroxylation is 1. The molecule has 0 bridgehead atoms. The number of hydrogen-bond donors (Lipinski definition) is 1. The molecule has 0 heterocycles. The highest BCUT2D eigenvalue weighted by Crippen LogP contribution is 2.30. The maximum atomic E-state index is 13.2. The summed E-state index contributed by atoms with van der Waals surface area (Å²) in [4.78, 5) is 38.0. The van der Waals surface area contributed by atoms with E-state index in [9.17, 15) is 19.7 Å². The number of nitrogens with one attached hydrogen (secondary N) is 1. The molecule has 2 aromatic rings. The number of nitro groups is 1. The van der Waals surface area contributed by atoms with Crippen LogP contribution in [0.5, 0.6) is 11.5 Å². The Hall–Kier alpha value is -3.62. The maximum absolute atomic E-state index is 13.2. The number of rotatable bonds is 11. The van der Waals surface area contributed by atoms with Crippen molar-refractivity contribution in [3.8, 4) is 11.5 Å². The monoisotopic (exact) mass is 457 g/mol. The number of nitrogens with zero attached hydrogens (tertiary/aromatic N) is 2. The first-order chi connectivity index (χ1) is 15.7. The second-order valence-electron chi connectivity index (χ2n) is 7.97. The number of amides is 2. The number of ether oxygens (including phenoxy) is 2. The Morgan fingerprint density at radius 3 is 2.36 bits per heavy atom. The van der Waals surface area contributed by atoms with E-state index in [1.54, 1.807) is 0 Å². The molecule has 0 aliphatic heterocycles. The molecular formula is C24H31N3O6. The molecule has 9 nitrogen and oxygen atoms in total. The van der Waals surface area contributed by atoms with Crippen molar-refractivity contribution in [1.82, 2.24) is 10.2 Å². The third-order valence-corrected chi connectivity index (χ3v) is 5.00. The number of carbonyl (C=O) groups is 2. The third-order valence-electron chi connectivity index (χ3n) is 5.00. The van der Waals surface area contributed by atoms with Crippen molar-refractivity contribution in [2.45, 2.75) is 52.7 Å². The summed E-state index contributed by atoms with van der Waals surface area (Å²) in [7, 11) is 1.32. The Balaban J connectivity index is 2.24. The van der Waals surface area contributed by atoms with Crippen LogP contribution in [0.25, 0.3) is 0 Å². The summed E-state index contributed by atoms with van der Waals surface area (Å²) < 4.78 is 10.7. The number of nitro benzene ring substituents is 1. The van der Waals surface area contributed by atoms with Gasteiger partial charge in [-0.3, -0.25) is 19.7 Å². The predicted octanol–water partition coefficient (Wildman–Crippen LogP) is 3.62. The van der Waals surface area contributed by atoms with Gasteiger partial charge >= 0.3 is 5.69 Å². The Labute approximate surface area is 193 Å². The minimum atomic E-state index is -0.670. The van der Waals surface area contributed by atoms with Crippen molar-refractivity contribution in [3.63, 3.8) is 0 Å². The van der Waals surface area contributed by atoms with Crippen LogP contribution in [0.1, 0.15) is 38.3 Å². The first-order valence-corrected chi connectivity index (χ1v) is 10.8. The smallest absolute Gasteiger partial charge is 0.311 e. The maximum Gasteiger partial charge on any atom is 0.311 e. The topological polar surface area (TPSA) is 111 Å². The lowest BCUT2D eigenvalue weighted by molar-refractivity contribution is -0.385. The van der Waals surface area contributed by atoms with Crippen molar-refractivity contribution >= 4 is 17.5 Å². The van der Waals surface area contributed by atoms with E-state index >= 15 is 0 Å². The summed E-state index contributed by atoms with van der Waals surface area (Å²) >= 11 is 0. The largest absolute Gasteiger partial charge is 0.490 e. The molecule has 0 spiro atoms. The van der Waals surface area contributed by atoms with Gasteiger partial charge in [0.2, 0.25) is 11.7 Å². The first kappa shape index (κ1) is 25.6. The molecular weight excluding hydrogens is 426 g/mol. The molecule has 9 heteroatoms. The van der Waals surface area contributed by atoms with E-state index in [2.05, 4.69) is 5.32 Å². The predicted molar refractivity (Wildman–Crippen MR) is 124 cm³/mol. The highest BCUT2D eigenvalue weighted by Gasteiger charge is 2.29. The van der Waals surface area contributed by atoms with Gasteiger partial charge in [0.05, 0.1) is 12.0 Å². The molecule has 0 saturated heterocycles. The zero-order valence-electron chi connectivity index (χ0n) is 19.7. The van der Waals surface area contributed by atoms with Crippen molar-refractivity contribution < 1.29 is 24.0 Å². The molecule has 0 radical (unpaired) electrons. The van der Waals surface area contributed by atoms with Crippen molar-refractivity contribution in [1.29, 1.82) is 0 Å². The van der Waals surface area contributed by atoms with Crippen LogP contribution >= 0.6 is 0 Å². The van der Waals surface area contributed by atoms with Gasteiger partial charge < -0.3 is 19.7 Å². The SMILES string of the molecule is CCC(C(=O)NC(C)C)N(Cc1ccc(C)cc1)C(=O)COc1ccc([N+](=O)[O-])c(OC)c1. The third kappa shape index (κ3) is 7.20. The van der Waals surface area contributed by atoms with E-state index in [1.807, 2.05) is 52.0 Å². The van der Waals surface area contributed by atoms with Gasteiger partial charge in [0, 0.05) is 24.7 Å². The highest BCUT2D eigenvalue weighted by molar-refractivity contribution is 5.88. The van der Waals surface area contributed by atoms with Crippen LogP contribution < -0.4 is 14.8 Å². The first-order valence-electron chi connectivity index (χ1n) is 10.8. The fraction of sp³-hybridized carbons (Fsp3) is 0.417. The number of hydrogen-bond acceptors (Lipinski definition) is 6. The van der Waals surface area contributed by atoms with Crippen LogP contribution in [0, 0.1) is 17.0 Å². The van der Waals surface area contributed by atoms with Crippen LogP contribution in [0.4, 0.5) is 5.69 Å². The number of methoxy groups -OCH3 is 1. The summed E-state index contributed by atoms with van der Waals surface area (Å²) in [5, 5.41) is 14.0. The minimum Gasteiger partial charge on any atom is -0.490 e. The Bertz CT molecular complexity index is 975. The van der Waals surface area contributed by atoms with Gasteiger partial charge in [-0.2, -0.15) is 0 Å². The van der Waals surface area contributed by atoms with Crippen molar-refractivity contribution in [2.24, 2.45) is 0 Å². The number of benzene rings is 2. The van der Waals surface area contributed by atoms with Gasteiger partial charge in [-0.1, -0.05) is 36.8 Å². The molecule has 0 saturated carbocycles. The lowest BCUT2D eigenvalue weighted by atomic mass is 10.1. The highest BCUT2D eigenvalue weighted by atomic mass is 16.6. The molecule has 1 unspecified atom stereocenters. The summed E-state index contributed by atoms with van der Waals surface area (Å²) in [5.74, 6) is -0.325. The van der Waals surface area contributed by atoms with Gasteiger partial charge in [0.1, 0.15) is 11.8 Å². The fourth-order valence-electron chi connectivity index (χ4n) is 3.32. The van der Waals surface area contributed by atoms with E-state index in [1.165, 1.54) is 30.2 Å². The minimum absolute atomic E-state index is 0.0317. The Morgan fingerprint density at radius 1 is 1.15 bits per heavy atom. The zero-order chi connectivity index (χ0) is 24.5. The van der Waals surface area contributed by atoms with Crippen LogP contribution in [0.2, 0.25) is 0 Å². The molecule has 33 heavy (non-hydrogen) atoms. The van der Waals surface area contributed by atoms with E-state index < -0.39 is 11.0 Å². The molecule has 2 aromatic carbocycles. The van der Waals surface area contributed by atoms with Crippen LogP contribution in [0.3, 0.4) is 0 Å². The van der Waals surface area contributed by atoms with Gasteiger partial charge in [-0.05, 0) is 38.8 Å². The quantitative estimate of drug-likeness (QED) is 0.408. The fourth-order valence-corrected chi connectivity index (χ4v) is 3.32. The molecule has 0 aromatic heterocycles. The Morgan fingerprint density at radius 2 is 1.82 bits per heavy atom. The average Bonchev–Trinajstić information content (AvgIpc) is 2.77. The van der Waals surface area contributed by atoms with Gasteiger partial charge in [-0.25, -0.2) is 0 Å². The molecule has 0 fully saturated rings. The molecule has 2 amide bonds. The average molecular weight is 458 g/mol. The lowest BCUT2D eigenvalue weighted by Gasteiger charge is -2.31. The summed E-state index contributed by atoms with van der Waals surface area (Å²) in [6.07, 6.45) is 0.432. The number of carbonyl (C=O) groups excluding carboxylic acids is 2. The van der Waals surface area contributed by atoms with Crippen LogP contribution in [-0.4, -0.2) is 47.4 Å². The lowest BCUT2D eigenvalue weighted by Crippen LogP contribution is -2.51. The van der Waals surface area contributed by atoms with E-state index in [4.69, 9.17) is 9.47 Å². The zero-order valence-corrected chi connectivity index (χ0v) is 19.7. The second kappa shape index (κ2) is 11.8. The molecule has 1 atom stereocenters. The second-order valence-corrected chi connectivity index (χ2v) is 7.97. The Kier molecular flexibility index (Phi) is 9.20. The molecule has 178 valence electrons. The molecule has 2 rings (SSSR count). The summed E-state index contributed by atoms with van der Waals surface area (Å²) in [6, 6.07) is 11.0. The van der Waals surface area contributed by atoms with E-state index in [-0.39, 0.29) is 48.2 Å². The van der Waals surface area contributed by atoms with Crippen molar-refractivity contribution in [3.05, 3.63) is 63.7 Å². The summed E-state index contributed by atoms with van der Waals surface area (Å²) in [6.45, 7) is 7.46. The van der Waals surface area contributed by atoms with E-state index in [0.717, 1.165) is 11.1 Å². The molecule has 1 N–H and O–H groups in total.